The fourth-order valence-electron chi connectivity index (χ4n) is 2.95. The van der Waals surface area contributed by atoms with Gasteiger partial charge in [-0.25, -0.2) is 13.6 Å². The molecule has 2 saturated heterocycles. The second kappa shape index (κ2) is 5.94. The zero-order chi connectivity index (χ0) is 19.4. The molecule has 3 atom stereocenters. The van der Waals surface area contributed by atoms with Crippen LogP contribution in [-0.4, -0.2) is 60.2 Å². The van der Waals surface area contributed by atoms with E-state index in [1.807, 2.05) is 0 Å². The first-order chi connectivity index (χ1) is 11.1. The number of epoxide rings is 1. The maximum absolute atomic E-state index is 14.4. The number of ether oxygens (including phenoxy) is 2. The zero-order valence-corrected chi connectivity index (χ0v) is 14.7. The fraction of sp³-hybridized carbons (Fsp3) is 0.933. The van der Waals surface area contributed by atoms with Gasteiger partial charge in [0.05, 0.1) is 24.5 Å². The Labute approximate surface area is 142 Å². The molecule has 5 nitrogen and oxygen atoms in total. The van der Waals surface area contributed by atoms with Crippen molar-refractivity contribution in [3.8, 4) is 0 Å². The number of carbonyl (C=O) groups excluding carboxylic acids is 1. The number of nitrogens with one attached hydrogen (secondary N) is 1. The maximum atomic E-state index is 14.4. The first-order valence-electron chi connectivity index (χ1n) is 7.88. The second-order valence-corrected chi connectivity index (χ2v) is 8.00. The molecule has 146 valence electrons. The molecule has 3 unspecified atom stereocenters. The van der Waals surface area contributed by atoms with Crippen LogP contribution >= 0.6 is 0 Å². The molecule has 10 heteroatoms. The molecule has 2 rings (SSSR count). The first kappa shape index (κ1) is 20.2. The van der Waals surface area contributed by atoms with E-state index in [1.54, 1.807) is 20.8 Å². The van der Waals surface area contributed by atoms with E-state index in [9.17, 15) is 26.7 Å². The summed E-state index contributed by atoms with van der Waals surface area (Å²) < 4.78 is 76.0. The van der Waals surface area contributed by atoms with Crippen molar-refractivity contribution < 1.29 is 36.2 Å². The third-order valence-electron chi connectivity index (χ3n) is 4.36. The molecule has 2 aliphatic rings. The zero-order valence-electron chi connectivity index (χ0n) is 14.7. The standard InChI is InChI=1S/C15H23F5N2O3/c1-12(2,3)25-11(23)22-7-14(16,17)13(4,5)9(22)8-10(24-8)21-6-15(18,19)20/h8-10,21H,6-7H2,1-5H3. The van der Waals surface area contributed by atoms with Crippen LogP contribution < -0.4 is 5.32 Å². The summed E-state index contributed by atoms with van der Waals surface area (Å²) in [6.07, 6.45) is -7.38. The van der Waals surface area contributed by atoms with E-state index in [4.69, 9.17) is 9.47 Å². The summed E-state index contributed by atoms with van der Waals surface area (Å²) in [6.45, 7) is 5.16. The summed E-state index contributed by atoms with van der Waals surface area (Å²) in [4.78, 5) is 13.2. The predicted octanol–water partition coefficient (Wildman–Crippen LogP) is 3.14. The minimum atomic E-state index is -4.45. The number of alkyl halides is 5. The molecule has 0 aromatic rings. The smallest absolute Gasteiger partial charge is 0.410 e. The van der Waals surface area contributed by atoms with Crippen LogP contribution in [0.1, 0.15) is 34.6 Å². The van der Waals surface area contributed by atoms with Gasteiger partial charge in [-0.2, -0.15) is 13.2 Å². The molecule has 2 aliphatic heterocycles. The van der Waals surface area contributed by atoms with Gasteiger partial charge in [0.25, 0.3) is 5.92 Å². The van der Waals surface area contributed by atoms with E-state index in [0.29, 0.717) is 0 Å². The molecular formula is C15H23F5N2O3. The number of likely N-dealkylation sites (tertiary alicyclic amines) is 1. The minimum Gasteiger partial charge on any atom is -0.444 e. The highest BCUT2D eigenvalue weighted by Gasteiger charge is 2.68. The second-order valence-electron chi connectivity index (χ2n) is 8.00. The summed E-state index contributed by atoms with van der Waals surface area (Å²) in [5.74, 6) is -3.23. The third kappa shape index (κ3) is 4.33. The van der Waals surface area contributed by atoms with Gasteiger partial charge in [0, 0.05) is 0 Å². The van der Waals surface area contributed by atoms with Crippen molar-refractivity contribution in [3.63, 3.8) is 0 Å². The topological polar surface area (TPSA) is 54.1 Å². The minimum absolute atomic E-state index is 0.866. The van der Waals surface area contributed by atoms with Crippen molar-refractivity contribution in [3.05, 3.63) is 0 Å². The van der Waals surface area contributed by atoms with Crippen LogP contribution in [0, 0.1) is 5.41 Å². The molecule has 0 radical (unpaired) electrons. The van der Waals surface area contributed by atoms with Gasteiger partial charge in [-0.1, -0.05) is 13.8 Å². The SMILES string of the molecule is CC(C)(C)OC(=O)N1CC(F)(F)C(C)(C)C1C1OC1NCC(F)(F)F. The molecule has 0 saturated carbocycles. The molecule has 1 amide bonds. The lowest BCUT2D eigenvalue weighted by Gasteiger charge is -2.33. The Balaban J connectivity index is 2.15. The first-order valence-corrected chi connectivity index (χ1v) is 7.88. The van der Waals surface area contributed by atoms with Gasteiger partial charge >= 0.3 is 12.3 Å². The van der Waals surface area contributed by atoms with E-state index in [0.717, 1.165) is 4.90 Å². The fourth-order valence-corrected chi connectivity index (χ4v) is 2.95. The number of amides is 1. The van der Waals surface area contributed by atoms with Crippen molar-refractivity contribution in [2.75, 3.05) is 13.1 Å². The van der Waals surface area contributed by atoms with Gasteiger partial charge < -0.3 is 9.47 Å². The summed E-state index contributed by atoms with van der Waals surface area (Å²) in [7, 11) is 0. The van der Waals surface area contributed by atoms with E-state index in [1.165, 1.54) is 13.8 Å². The lowest BCUT2D eigenvalue weighted by Crippen LogP contribution is -2.49. The van der Waals surface area contributed by atoms with Gasteiger partial charge in [0.15, 0.2) is 0 Å². The van der Waals surface area contributed by atoms with Crippen molar-refractivity contribution >= 4 is 6.09 Å². The molecule has 0 spiro atoms. The van der Waals surface area contributed by atoms with Crippen LogP contribution in [0.25, 0.3) is 0 Å². The monoisotopic (exact) mass is 374 g/mol. The molecule has 2 fully saturated rings. The number of hydrogen-bond acceptors (Lipinski definition) is 4. The van der Waals surface area contributed by atoms with E-state index in [-0.39, 0.29) is 0 Å². The van der Waals surface area contributed by atoms with E-state index in [2.05, 4.69) is 5.32 Å². The number of halogens is 5. The third-order valence-corrected chi connectivity index (χ3v) is 4.36. The van der Waals surface area contributed by atoms with Crippen molar-refractivity contribution in [2.24, 2.45) is 5.41 Å². The van der Waals surface area contributed by atoms with Gasteiger partial charge in [-0.15, -0.1) is 0 Å². The average molecular weight is 374 g/mol. The van der Waals surface area contributed by atoms with Crippen LogP contribution in [-0.2, 0) is 9.47 Å². The Bertz CT molecular complexity index is 530. The molecule has 0 aliphatic carbocycles. The summed E-state index contributed by atoms with van der Waals surface area (Å²) in [6, 6.07) is -1.11. The highest BCUT2D eigenvalue weighted by atomic mass is 19.4. The Kier molecular flexibility index (Phi) is 4.79. The van der Waals surface area contributed by atoms with Crippen LogP contribution in [0.15, 0.2) is 0 Å². The molecule has 2 heterocycles. The number of rotatable bonds is 3. The normalized spacial score (nSPS) is 31.1. The molecule has 25 heavy (non-hydrogen) atoms. The average Bonchev–Trinajstić information content (AvgIpc) is 3.07. The van der Waals surface area contributed by atoms with Crippen LogP contribution in [0.2, 0.25) is 0 Å². The number of hydrogen-bond donors (Lipinski definition) is 1. The lowest BCUT2D eigenvalue weighted by atomic mass is 9.80. The molecule has 0 aromatic carbocycles. The van der Waals surface area contributed by atoms with Crippen molar-refractivity contribution in [1.82, 2.24) is 10.2 Å². The van der Waals surface area contributed by atoms with Crippen molar-refractivity contribution in [2.45, 2.75) is 70.7 Å². The van der Waals surface area contributed by atoms with E-state index < -0.39 is 60.7 Å². The Morgan fingerprint density at radius 2 is 1.84 bits per heavy atom. The quantitative estimate of drug-likeness (QED) is 0.609. The van der Waals surface area contributed by atoms with Crippen LogP contribution in [0.3, 0.4) is 0 Å². The molecule has 0 bridgehead atoms. The highest BCUT2D eigenvalue weighted by Crippen LogP contribution is 2.52. The largest absolute Gasteiger partial charge is 0.444 e. The summed E-state index contributed by atoms with van der Waals surface area (Å²) in [5.41, 5.74) is -2.56. The molecule has 1 N–H and O–H groups in total. The van der Waals surface area contributed by atoms with Gasteiger partial charge in [0.2, 0.25) is 0 Å². The van der Waals surface area contributed by atoms with Crippen LogP contribution in [0.4, 0.5) is 26.7 Å². The summed E-state index contributed by atoms with van der Waals surface area (Å²) in [5, 5.41) is 2.13. The molecular weight excluding hydrogens is 351 g/mol. The van der Waals surface area contributed by atoms with Gasteiger partial charge in [0.1, 0.15) is 17.9 Å². The Hall–Kier alpha value is -1.16. The number of nitrogens with zero attached hydrogens (tertiary/aromatic N) is 1. The highest BCUT2D eigenvalue weighted by molar-refractivity contribution is 5.70. The summed E-state index contributed by atoms with van der Waals surface area (Å²) >= 11 is 0. The number of carbonyl (C=O) groups is 1. The van der Waals surface area contributed by atoms with Crippen LogP contribution in [0.5, 0.6) is 0 Å². The van der Waals surface area contributed by atoms with Gasteiger partial charge in [-0.05, 0) is 20.8 Å². The molecule has 0 aromatic heterocycles. The predicted molar refractivity (Wildman–Crippen MR) is 78.2 cm³/mol. The van der Waals surface area contributed by atoms with Crippen molar-refractivity contribution in [1.29, 1.82) is 0 Å². The van der Waals surface area contributed by atoms with E-state index >= 15 is 0 Å². The Morgan fingerprint density at radius 1 is 1.28 bits per heavy atom. The Morgan fingerprint density at radius 3 is 2.32 bits per heavy atom. The van der Waals surface area contributed by atoms with Gasteiger partial charge in [-0.3, -0.25) is 10.2 Å². The lowest BCUT2D eigenvalue weighted by molar-refractivity contribution is -0.126. The maximum Gasteiger partial charge on any atom is 0.410 e.